The van der Waals surface area contributed by atoms with Crippen LogP contribution in [0.15, 0.2) is 54.6 Å². The summed E-state index contributed by atoms with van der Waals surface area (Å²) in [5.41, 5.74) is 0.925. The first-order valence-electron chi connectivity index (χ1n) is 9.22. The number of anilines is 1. The number of carbonyl (C=O) groups excluding carboxylic acids is 2. The topological polar surface area (TPSA) is 67.9 Å². The van der Waals surface area contributed by atoms with E-state index in [0.717, 1.165) is 5.56 Å². The molecule has 0 bridgehead atoms. The third kappa shape index (κ3) is 4.86. The molecule has 7 heteroatoms. The van der Waals surface area contributed by atoms with E-state index in [9.17, 15) is 14.0 Å². The van der Waals surface area contributed by atoms with E-state index in [1.165, 1.54) is 17.0 Å². The van der Waals surface area contributed by atoms with Crippen molar-refractivity contribution < 1.29 is 23.5 Å². The van der Waals surface area contributed by atoms with Crippen molar-refractivity contribution in [2.24, 2.45) is 0 Å². The molecule has 0 aromatic heterocycles. The predicted octanol–water partition coefficient (Wildman–Crippen LogP) is 3.58. The molecular formula is C21H23FN2O4. The SMILES string of the molecule is CCO[C@@H]1C[C@H](C(=O)Nc2ccccc2F)N(C(=O)OCc2ccccc2)C1. The number of amides is 2. The number of nitrogens with one attached hydrogen (secondary N) is 1. The van der Waals surface area contributed by atoms with E-state index in [-0.39, 0.29) is 24.9 Å². The number of benzene rings is 2. The fraction of sp³-hybridized carbons (Fsp3) is 0.333. The fourth-order valence-corrected chi connectivity index (χ4v) is 3.19. The smallest absolute Gasteiger partial charge is 0.410 e. The molecule has 148 valence electrons. The number of rotatable bonds is 6. The molecule has 1 fully saturated rings. The summed E-state index contributed by atoms with van der Waals surface area (Å²) in [5, 5.41) is 2.55. The molecule has 3 rings (SSSR count). The molecule has 1 aliphatic rings. The molecule has 0 aliphatic carbocycles. The van der Waals surface area contributed by atoms with E-state index in [1.807, 2.05) is 37.3 Å². The Morgan fingerprint density at radius 1 is 1.14 bits per heavy atom. The summed E-state index contributed by atoms with van der Waals surface area (Å²) in [6.45, 7) is 2.68. The molecule has 0 saturated carbocycles. The Labute approximate surface area is 163 Å². The molecule has 2 atom stereocenters. The second-order valence-corrected chi connectivity index (χ2v) is 6.49. The zero-order valence-corrected chi connectivity index (χ0v) is 15.6. The highest BCUT2D eigenvalue weighted by Crippen LogP contribution is 2.24. The van der Waals surface area contributed by atoms with Gasteiger partial charge in [0.15, 0.2) is 0 Å². The lowest BCUT2D eigenvalue weighted by atomic mass is 10.1. The Bertz CT molecular complexity index is 815. The molecule has 2 amide bonds. The van der Waals surface area contributed by atoms with Crippen molar-refractivity contribution in [3.05, 3.63) is 66.0 Å². The molecule has 28 heavy (non-hydrogen) atoms. The molecule has 1 aliphatic heterocycles. The lowest BCUT2D eigenvalue weighted by Gasteiger charge is -2.23. The van der Waals surface area contributed by atoms with Gasteiger partial charge in [-0.2, -0.15) is 0 Å². The molecule has 1 saturated heterocycles. The first-order chi connectivity index (χ1) is 13.6. The monoisotopic (exact) mass is 386 g/mol. The zero-order valence-electron chi connectivity index (χ0n) is 15.6. The van der Waals surface area contributed by atoms with E-state index in [0.29, 0.717) is 13.0 Å². The van der Waals surface area contributed by atoms with Crippen LogP contribution in [0.3, 0.4) is 0 Å². The molecule has 2 aromatic carbocycles. The number of hydrogen-bond donors (Lipinski definition) is 1. The van der Waals surface area contributed by atoms with Gasteiger partial charge in [-0.15, -0.1) is 0 Å². The lowest BCUT2D eigenvalue weighted by molar-refractivity contribution is -0.120. The van der Waals surface area contributed by atoms with Crippen LogP contribution in [0.5, 0.6) is 0 Å². The first-order valence-corrected chi connectivity index (χ1v) is 9.22. The van der Waals surface area contributed by atoms with Gasteiger partial charge in [-0.1, -0.05) is 42.5 Å². The van der Waals surface area contributed by atoms with E-state index in [4.69, 9.17) is 9.47 Å². The summed E-state index contributed by atoms with van der Waals surface area (Å²) in [7, 11) is 0. The van der Waals surface area contributed by atoms with Crippen LogP contribution >= 0.6 is 0 Å². The Hall–Kier alpha value is -2.93. The second kappa shape index (κ2) is 9.32. The highest BCUT2D eigenvalue weighted by atomic mass is 19.1. The van der Waals surface area contributed by atoms with Gasteiger partial charge in [-0.3, -0.25) is 9.69 Å². The van der Waals surface area contributed by atoms with Crippen molar-refractivity contribution in [3.8, 4) is 0 Å². The van der Waals surface area contributed by atoms with E-state index < -0.39 is 23.9 Å². The zero-order chi connectivity index (χ0) is 19.9. The molecule has 0 radical (unpaired) electrons. The van der Waals surface area contributed by atoms with Crippen LogP contribution in [-0.4, -0.2) is 42.2 Å². The maximum atomic E-state index is 13.9. The lowest BCUT2D eigenvalue weighted by Crippen LogP contribution is -2.43. The summed E-state index contributed by atoms with van der Waals surface area (Å²) in [5.74, 6) is -1.00. The van der Waals surface area contributed by atoms with E-state index >= 15 is 0 Å². The van der Waals surface area contributed by atoms with Crippen LogP contribution in [0.4, 0.5) is 14.9 Å². The van der Waals surface area contributed by atoms with Gasteiger partial charge >= 0.3 is 6.09 Å². The second-order valence-electron chi connectivity index (χ2n) is 6.49. The van der Waals surface area contributed by atoms with Crippen LogP contribution in [0.1, 0.15) is 18.9 Å². The van der Waals surface area contributed by atoms with Crippen molar-refractivity contribution in [2.75, 3.05) is 18.5 Å². The van der Waals surface area contributed by atoms with Gasteiger partial charge in [0, 0.05) is 13.0 Å². The first kappa shape index (κ1) is 19.8. The number of likely N-dealkylation sites (tertiary alicyclic amines) is 1. The molecular weight excluding hydrogens is 363 g/mol. The van der Waals surface area contributed by atoms with Crippen LogP contribution < -0.4 is 5.32 Å². The third-order valence-corrected chi connectivity index (χ3v) is 4.54. The van der Waals surface area contributed by atoms with Gasteiger partial charge in [0.2, 0.25) is 5.91 Å². The van der Waals surface area contributed by atoms with Gasteiger partial charge in [0.25, 0.3) is 0 Å². The Kier molecular flexibility index (Phi) is 6.60. The molecule has 0 unspecified atom stereocenters. The molecule has 6 nitrogen and oxygen atoms in total. The maximum Gasteiger partial charge on any atom is 0.410 e. The van der Waals surface area contributed by atoms with Gasteiger partial charge in [-0.05, 0) is 24.6 Å². The predicted molar refractivity (Wildman–Crippen MR) is 102 cm³/mol. The van der Waals surface area contributed by atoms with Gasteiger partial charge in [0.1, 0.15) is 18.5 Å². The fourth-order valence-electron chi connectivity index (χ4n) is 3.19. The summed E-state index contributed by atoms with van der Waals surface area (Å²) >= 11 is 0. The molecule has 1 heterocycles. The van der Waals surface area contributed by atoms with Crippen LogP contribution in [0, 0.1) is 5.82 Å². The average molecular weight is 386 g/mol. The van der Waals surface area contributed by atoms with Crippen molar-refractivity contribution in [1.29, 1.82) is 0 Å². The number of nitrogens with zero attached hydrogens (tertiary/aromatic N) is 1. The standard InChI is InChI=1S/C21H23FN2O4/c1-2-27-16-12-19(20(25)23-18-11-7-6-10-17(18)22)24(13-16)21(26)28-14-15-8-4-3-5-9-15/h3-11,16,19H,2,12-14H2,1H3,(H,23,25)/t16-,19-/m1/s1. The minimum atomic E-state index is -0.792. The Morgan fingerprint density at radius 3 is 2.57 bits per heavy atom. The highest BCUT2D eigenvalue weighted by molar-refractivity contribution is 5.97. The Morgan fingerprint density at radius 2 is 1.86 bits per heavy atom. The van der Waals surface area contributed by atoms with Gasteiger partial charge in [0.05, 0.1) is 18.3 Å². The number of hydrogen-bond acceptors (Lipinski definition) is 4. The van der Waals surface area contributed by atoms with Crippen molar-refractivity contribution >= 4 is 17.7 Å². The Balaban J connectivity index is 1.68. The number of carbonyl (C=O) groups is 2. The summed E-state index contributed by atoms with van der Waals surface area (Å²) in [4.78, 5) is 26.7. The van der Waals surface area contributed by atoms with Crippen LogP contribution in [0.2, 0.25) is 0 Å². The quantitative estimate of drug-likeness (QED) is 0.824. The third-order valence-electron chi connectivity index (χ3n) is 4.54. The average Bonchev–Trinajstić information content (AvgIpc) is 3.13. The highest BCUT2D eigenvalue weighted by Gasteiger charge is 2.41. The minimum absolute atomic E-state index is 0.0740. The van der Waals surface area contributed by atoms with Crippen molar-refractivity contribution in [1.82, 2.24) is 4.90 Å². The summed E-state index contributed by atoms with van der Waals surface area (Å²) < 4.78 is 24.8. The largest absolute Gasteiger partial charge is 0.445 e. The van der Waals surface area contributed by atoms with Crippen molar-refractivity contribution in [2.45, 2.75) is 32.1 Å². The van der Waals surface area contributed by atoms with Crippen LogP contribution in [0.25, 0.3) is 0 Å². The van der Waals surface area contributed by atoms with Gasteiger partial charge in [-0.25, -0.2) is 9.18 Å². The summed E-state index contributed by atoms with van der Waals surface area (Å²) in [6.07, 6.45) is -0.542. The van der Waals surface area contributed by atoms with Crippen LogP contribution in [-0.2, 0) is 20.9 Å². The number of para-hydroxylation sites is 1. The molecule has 0 spiro atoms. The number of halogens is 1. The molecule has 1 N–H and O–H groups in total. The maximum absolute atomic E-state index is 13.9. The van der Waals surface area contributed by atoms with E-state index in [1.54, 1.807) is 12.1 Å². The van der Waals surface area contributed by atoms with Crippen molar-refractivity contribution in [3.63, 3.8) is 0 Å². The van der Waals surface area contributed by atoms with E-state index in [2.05, 4.69) is 5.32 Å². The molecule has 2 aromatic rings. The minimum Gasteiger partial charge on any atom is -0.445 e. The normalized spacial score (nSPS) is 18.7. The van der Waals surface area contributed by atoms with Gasteiger partial charge < -0.3 is 14.8 Å². The summed E-state index contributed by atoms with van der Waals surface area (Å²) in [6, 6.07) is 14.4. The number of ether oxygens (including phenoxy) is 2.